The van der Waals surface area contributed by atoms with E-state index in [4.69, 9.17) is 16.5 Å². The standard InChI is InChI=1S/C11H11N5/c12-8-10-7-11(13)5-4-9(10)3-1-2-6-15-16-14/h1,3-5,7H,2,6,13H2. The summed E-state index contributed by atoms with van der Waals surface area (Å²) in [4.78, 5) is 2.65. The highest BCUT2D eigenvalue weighted by atomic mass is 15.1. The summed E-state index contributed by atoms with van der Waals surface area (Å²) in [5.41, 5.74) is 15.6. The summed E-state index contributed by atoms with van der Waals surface area (Å²) in [6.07, 6.45) is 4.34. The van der Waals surface area contributed by atoms with Crippen molar-refractivity contribution in [3.63, 3.8) is 0 Å². The molecule has 0 bridgehead atoms. The summed E-state index contributed by atoms with van der Waals surface area (Å²) in [6, 6.07) is 7.24. The van der Waals surface area contributed by atoms with E-state index in [0.717, 1.165) is 5.56 Å². The third-order valence-corrected chi connectivity index (χ3v) is 1.95. The van der Waals surface area contributed by atoms with E-state index in [-0.39, 0.29) is 0 Å². The minimum absolute atomic E-state index is 0.420. The Kier molecular flexibility index (Phi) is 4.45. The van der Waals surface area contributed by atoms with Crippen molar-refractivity contribution in [1.29, 1.82) is 5.26 Å². The van der Waals surface area contributed by atoms with Crippen molar-refractivity contribution in [2.75, 3.05) is 12.3 Å². The number of rotatable bonds is 4. The molecule has 1 rings (SSSR count). The summed E-state index contributed by atoms with van der Waals surface area (Å²) >= 11 is 0. The minimum atomic E-state index is 0.420. The molecule has 0 amide bonds. The Hall–Kier alpha value is -2.44. The van der Waals surface area contributed by atoms with Gasteiger partial charge < -0.3 is 5.73 Å². The van der Waals surface area contributed by atoms with E-state index in [2.05, 4.69) is 16.1 Å². The Morgan fingerprint density at radius 2 is 2.38 bits per heavy atom. The number of nitrogens with zero attached hydrogens (tertiary/aromatic N) is 4. The molecule has 0 saturated heterocycles. The number of hydrogen-bond donors (Lipinski definition) is 1. The number of nitriles is 1. The molecule has 1 aromatic rings. The Labute approximate surface area is 93.4 Å². The summed E-state index contributed by atoms with van der Waals surface area (Å²) in [6.45, 7) is 0.420. The number of nitrogens with two attached hydrogens (primary N) is 1. The summed E-state index contributed by atoms with van der Waals surface area (Å²) in [7, 11) is 0. The third-order valence-electron chi connectivity index (χ3n) is 1.95. The first-order valence-corrected chi connectivity index (χ1v) is 4.75. The Balaban J connectivity index is 2.73. The molecule has 0 aliphatic rings. The van der Waals surface area contributed by atoms with Gasteiger partial charge in [0.25, 0.3) is 0 Å². The van der Waals surface area contributed by atoms with Crippen LogP contribution in [0.4, 0.5) is 5.69 Å². The van der Waals surface area contributed by atoms with Gasteiger partial charge in [0.05, 0.1) is 11.6 Å². The molecule has 80 valence electrons. The molecule has 0 unspecified atom stereocenters. The van der Waals surface area contributed by atoms with Crippen LogP contribution in [-0.4, -0.2) is 6.54 Å². The molecule has 1 aromatic carbocycles. The topological polar surface area (TPSA) is 98.6 Å². The number of azide groups is 1. The molecular weight excluding hydrogens is 202 g/mol. The number of benzene rings is 1. The average Bonchev–Trinajstić information content (AvgIpc) is 2.30. The lowest BCUT2D eigenvalue weighted by molar-refractivity contribution is 0.995. The predicted molar refractivity (Wildman–Crippen MR) is 63.2 cm³/mol. The molecule has 0 radical (unpaired) electrons. The quantitative estimate of drug-likeness (QED) is 0.273. The van der Waals surface area contributed by atoms with Crippen LogP contribution < -0.4 is 5.73 Å². The van der Waals surface area contributed by atoms with Crippen molar-refractivity contribution < 1.29 is 0 Å². The molecule has 0 saturated carbocycles. The van der Waals surface area contributed by atoms with Crippen molar-refractivity contribution in [3.05, 3.63) is 45.8 Å². The molecule has 0 fully saturated rings. The van der Waals surface area contributed by atoms with Gasteiger partial charge in [-0.3, -0.25) is 0 Å². The van der Waals surface area contributed by atoms with E-state index in [9.17, 15) is 0 Å². The maximum atomic E-state index is 8.88. The Bertz CT molecular complexity index is 478. The zero-order valence-corrected chi connectivity index (χ0v) is 8.67. The first-order chi connectivity index (χ1) is 7.77. The van der Waals surface area contributed by atoms with Gasteiger partial charge in [0, 0.05) is 17.1 Å². The van der Waals surface area contributed by atoms with Gasteiger partial charge in [-0.05, 0) is 29.6 Å². The van der Waals surface area contributed by atoms with Crippen molar-refractivity contribution >= 4 is 11.8 Å². The van der Waals surface area contributed by atoms with Crippen molar-refractivity contribution in [1.82, 2.24) is 0 Å². The predicted octanol–water partition coefficient (Wildman–Crippen LogP) is 2.85. The van der Waals surface area contributed by atoms with Gasteiger partial charge in [0.2, 0.25) is 0 Å². The van der Waals surface area contributed by atoms with Crippen LogP contribution >= 0.6 is 0 Å². The zero-order valence-electron chi connectivity index (χ0n) is 8.67. The summed E-state index contributed by atoms with van der Waals surface area (Å²) < 4.78 is 0. The van der Waals surface area contributed by atoms with Crippen LogP contribution in [0.5, 0.6) is 0 Å². The van der Waals surface area contributed by atoms with E-state index in [0.29, 0.717) is 24.2 Å². The largest absolute Gasteiger partial charge is 0.399 e. The van der Waals surface area contributed by atoms with Gasteiger partial charge in [-0.15, -0.1) is 0 Å². The van der Waals surface area contributed by atoms with E-state index in [1.807, 2.05) is 12.2 Å². The fraction of sp³-hybridized carbons (Fsp3) is 0.182. The maximum Gasteiger partial charge on any atom is 0.0998 e. The molecule has 16 heavy (non-hydrogen) atoms. The van der Waals surface area contributed by atoms with Gasteiger partial charge in [-0.25, -0.2) is 0 Å². The van der Waals surface area contributed by atoms with Gasteiger partial charge in [-0.2, -0.15) is 5.26 Å². The van der Waals surface area contributed by atoms with Crippen LogP contribution in [0.2, 0.25) is 0 Å². The molecule has 0 spiro atoms. The van der Waals surface area contributed by atoms with Gasteiger partial charge in [0.1, 0.15) is 0 Å². The van der Waals surface area contributed by atoms with Gasteiger partial charge >= 0.3 is 0 Å². The average molecular weight is 213 g/mol. The summed E-state index contributed by atoms with van der Waals surface area (Å²) in [5, 5.41) is 12.3. The lowest BCUT2D eigenvalue weighted by atomic mass is 10.1. The first kappa shape index (κ1) is 11.6. The third kappa shape index (κ3) is 3.37. The SMILES string of the molecule is N#Cc1cc(N)ccc1C=CCCN=[N+]=[N-]. The fourth-order valence-electron chi connectivity index (χ4n) is 1.20. The summed E-state index contributed by atoms with van der Waals surface area (Å²) in [5.74, 6) is 0. The molecular formula is C11H11N5. The van der Waals surface area contributed by atoms with E-state index in [1.165, 1.54) is 0 Å². The highest BCUT2D eigenvalue weighted by Crippen LogP contribution is 2.14. The molecule has 0 heterocycles. The van der Waals surface area contributed by atoms with Gasteiger partial charge in [-0.1, -0.05) is 23.3 Å². The van der Waals surface area contributed by atoms with Crippen LogP contribution in [0, 0.1) is 11.3 Å². The molecule has 0 aliphatic carbocycles. The smallest absolute Gasteiger partial charge is 0.0998 e. The van der Waals surface area contributed by atoms with Crippen LogP contribution in [0.1, 0.15) is 17.5 Å². The highest BCUT2D eigenvalue weighted by molar-refractivity contribution is 5.62. The zero-order chi connectivity index (χ0) is 11.8. The minimum Gasteiger partial charge on any atom is -0.399 e. The van der Waals surface area contributed by atoms with E-state index >= 15 is 0 Å². The van der Waals surface area contributed by atoms with E-state index in [1.54, 1.807) is 18.2 Å². The molecule has 2 N–H and O–H groups in total. The number of hydrogen-bond acceptors (Lipinski definition) is 3. The second kappa shape index (κ2) is 6.12. The molecule has 0 aliphatic heterocycles. The molecule has 0 aromatic heterocycles. The molecule has 0 atom stereocenters. The second-order valence-electron chi connectivity index (χ2n) is 3.10. The van der Waals surface area contributed by atoms with E-state index < -0.39 is 0 Å². The van der Waals surface area contributed by atoms with Gasteiger partial charge in [0.15, 0.2) is 0 Å². The van der Waals surface area contributed by atoms with Crippen molar-refractivity contribution in [2.24, 2.45) is 5.11 Å². The highest BCUT2D eigenvalue weighted by Gasteiger charge is 1.97. The lowest BCUT2D eigenvalue weighted by Crippen LogP contribution is -1.88. The van der Waals surface area contributed by atoms with Crippen LogP contribution in [-0.2, 0) is 0 Å². The van der Waals surface area contributed by atoms with Crippen LogP contribution in [0.25, 0.3) is 16.5 Å². The number of nitrogen functional groups attached to an aromatic ring is 1. The van der Waals surface area contributed by atoms with Crippen LogP contribution in [0.3, 0.4) is 0 Å². The monoisotopic (exact) mass is 213 g/mol. The normalized spacial score (nSPS) is 9.69. The maximum absolute atomic E-state index is 8.88. The Morgan fingerprint density at radius 1 is 1.56 bits per heavy atom. The van der Waals surface area contributed by atoms with Crippen molar-refractivity contribution in [2.45, 2.75) is 6.42 Å². The van der Waals surface area contributed by atoms with Crippen molar-refractivity contribution in [3.8, 4) is 6.07 Å². The molecule has 5 heteroatoms. The second-order valence-corrected chi connectivity index (χ2v) is 3.10. The molecule has 5 nitrogen and oxygen atoms in total. The van der Waals surface area contributed by atoms with Crippen LogP contribution in [0.15, 0.2) is 29.4 Å². The first-order valence-electron chi connectivity index (χ1n) is 4.75. The fourth-order valence-corrected chi connectivity index (χ4v) is 1.20. The lowest BCUT2D eigenvalue weighted by Gasteiger charge is -1.98. The Morgan fingerprint density at radius 3 is 3.06 bits per heavy atom. The number of anilines is 1.